The molecule has 2 amide bonds. The molecule has 42 heavy (non-hydrogen) atoms. The Morgan fingerprint density at radius 1 is 0.881 bits per heavy atom. The molecule has 3 rings (SSSR count). The van der Waals surface area contributed by atoms with E-state index in [4.69, 9.17) is 9.47 Å². The molecular weight excluding hydrogens is 536 g/mol. The van der Waals surface area contributed by atoms with E-state index in [1.807, 2.05) is 37.3 Å². The number of carbonyl (C=O) groups is 3. The highest BCUT2D eigenvalue weighted by molar-refractivity contribution is 5.71. The first-order valence-electron chi connectivity index (χ1n) is 15.3. The maximum atomic E-state index is 12.8. The van der Waals surface area contributed by atoms with Crippen LogP contribution in [0.15, 0.2) is 54.6 Å². The molecule has 0 radical (unpaired) electrons. The highest BCUT2D eigenvalue weighted by Gasteiger charge is 2.30. The molecule has 230 valence electrons. The molecule has 2 unspecified atom stereocenters. The third kappa shape index (κ3) is 10.6. The predicted octanol–water partition coefficient (Wildman–Crippen LogP) is 7.90. The zero-order valence-electron chi connectivity index (χ0n) is 25.0. The molecule has 1 fully saturated rings. The van der Waals surface area contributed by atoms with Crippen LogP contribution in [0.4, 0.5) is 9.59 Å². The van der Waals surface area contributed by atoms with Gasteiger partial charge >= 0.3 is 18.2 Å². The summed E-state index contributed by atoms with van der Waals surface area (Å²) in [4.78, 5) is 39.6. The Labute approximate surface area is 249 Å². The summed E-state index contributed by atoms with van der Waals surface area (Å²) in [5.41, 5.74) is 0. The van der Waals surface area contributed by atoms with Crippen molar-refractivity contribution in [3.63, 3.8) is 0 Å². The molecule has 0 aliphatic carbocycles. The lowest BCUT2D eigenvalue weighted by Crippen LogP contribution is -2.49. The molecule has 1 heterocycles. The number of hydrogen-bond donors (Lipinski definition) is 2. The van der Waals surface area contributed by atoms with Gasteiger partial charge in [-0.25, -0.2) is 9.59 Å². The van der Waals surface area contributed by atoms with Crippen LogP contribution in [0, 0.1) is 11.8 Å². The number of likely N-dealkylation sites (tertiary alicyclic amines) is 1. The van der Waals surface area contributed by atoms with Crippen LogP contribution in [-0.4, -0.2) is 63.8 Å². The van der Waals surface area contributed by atoms with E-state index in [-0.39, 0.29) is 17.9 Å². The number of amides is 2. The van der Waals surface area contributed by atoms with Crippen LogP contribution >= 0.6 is 0 Å². The van der Waals surface area contributed by atoms with Crippen molar-refractivity contribution in [3.05, 3.63) is 54.6 Å². The lowest BCUT2D eigenvalue weighted by molar-refractivity contribution is -0.142. The number of carboxylic acid groups (broad SMARTS) is 2. The molecule has 1 aliphatic rings. The van der Waals surface area contributed by atoms with E-state index in [9.17, 15) is 24.6 Å². The molecule has 2 aromatic rings. The molecule has 2 atom stereocenters. The number of carbonyl (C=O) groups excluding carboxylic acids is 1. The summed E-state index contributed by atoms with van der Waals surface area (Å²) in [5, 5.41) is 19.5. The van der Waals surface area contributed by atoms with Crippen LogP contribution in [-0.2, 0) is 4.79 Å². The van der Waals surface area contributed by atoms with E-state index < -0.39 is 18.2 Å². The standard InChI is InChI=1S/C33H46N2O7/c1-3-5-7-11-25(24-26(4-2)31(36)37)12-10-21-35(32(38)39)27-19-22-34(23-20-27)33(40)42-30-17-15-29(16-18-30)41-28-13-8-6-9-14-28/h6,8-9,13-18,25-27H,3-5,7,10-12,19-24H2,1-2H3,(H,36,37)(H,38,39). The van der Waals surface area contributed by atoms with Crippen molar-refractivity contribution < 1.29 is 34.1 Å². The number of aliphatic carboxylic acids is 1. The second-order valence-electron chi connectivity index (χ2n) is 11.1. The van der Waals surface area contributed by atoms with Crippen molar-refractivity contribution in [3.8, 4) is 17.2 Å². The molecule has 0 saturated carbocycles. The van der Waals surface area contributed by atoms with Gasteiger partial charge in [0, 0.05) is 25.7 Å². The first-order valence-corrected chi connectivity index (χ1v) is 15.3. The van der Waals surface area contributed by atoms with Crippen molar-refractivity contribution in [1.82, 2.24) is 9.80 Å². The minimum absolute atomic E-state index is 0.165. The summed E-state index contributed by atoms with van der Waals surface area (Å²) in [6, 6.07) is 16.1. The van der Waals surface area contributed by atoms with Gasteiger partial charge in [0.15, 0.2) is 0 Å². The van der Waals surface area contributed by atoms with Crippen LogP contribution < -0.4 is 9.47 Å². The second-order valence-corrected chi connectivity index (χ2v) is 11.1. The Kier molecular flexibility index (Phi) is 13.5. The van der Waals surface area contributed by atoms with E-state index in [2.05, 4.69) is 6.92 Å². The van der Waals surface area contributed by atoms with Gasteiger partial charge in [-0.2, -0.15) is 0 Å². The number of unbranched alkanes of at least 4 members (excludes halogenated alkanes) is 2. The summed E-state index contributed by atoms with van der Waals surface area (Å²) in [6.07, 6.45) is 6.73. The van der Waals surface area contributed by atoms with E-state index in [1.54, 1.807) is 29.2 Å². The number of rotatable bonds is 16. The van der Waals surface area contributed by atoms with Gasteiger partial charge < -0.3 is 29.5 Å². The van der Waals surface area contributed by atoms with Crippen molar-refractivity contribution in [1.29, 1.82) is 0 Å². The summed E-state index contributed by atoms with van der Waals surface area (Å²) < 4.78 is 11.3. The minimum Gasteiger partial charge on any atom is -0.481 e. The number of ether oxygens (including phenoxy) is 2. The van der Waals surface area contributed by atoms with Gasteiger partial charge in [0.1, 0.15) is 17.2 Å². The van der Waals surface area contributed by atoms with Gasteiger partial charge in [-0.05, 0) is 80.8 Å². The van der Waals surface area contributed by atoms with Crippen molar-refractivity contribution in [2.45, 2.75) is 84.1 Å². The number of nitrogens with zero attached hydrogens (tertiary/aromatic N) is 2. The van der Waals surface area contributed by atoms with Crippen LogP contribution in [0.25, 0.3) is 0 Å². The quantitative estimate of drug-likeness (QED) is 0.193. The average Bonchev–Trinajstić information content (AvgIpc) is 2.99. The van der Waals surface area contributed by atoms with Crippen LogP contribution in [0.1, 0.15) is 78.1 Å². The highest BCUT2D eigenvalue weighted by Crippen LogP contribution is 2.27. The Morgan fingerprint density at radius 2 is 1.50 bits per heavy atom. The Bertz CT molecular complexity index is 1100. The molecule has 2 aromatic carbocycles. The third-order valence-corrected chi connectivity index (χ3v) is 8.10. The summed E-state index contributed by atoms with van der Waals surface area (Å²) in [6.45, 7) is 5.30. The van der Waals surface area contributed by atoms with Crippen molar-refractivity contribution in [2.75, 3.05) is 19.6 Å². The third-order valence-electron chi connectivity index (χ3n) is 8.10. The van der Waals surface area contributed by atoms with Crippen LogP contribution in [0.2, 0.25) is 0 Å². The number of para-hydroxylation sites is 1. The lowest BCUT2D eigenvalue weighted by Gasteiger charge is -2.37. The highest BCUT2D eigenvalue weighted by atomic mass is 16.6. The predicted molar refractivity (Wildman–Crippen MR) is 161 cm³/mol. The summed E-state index contributed by atoms with van der Waals surface area (Å²) >= 11 is 0. The van der Waals surface area contributed by atoms with E-state index in [1.165, 1.54) is 4.90 Å². The molecule has 0 spiro atoms. The Hall–Kier alpha value is -3.75. The summed E-state index contributed by atoms with van der Waals surface area (Å²) in [5.74, 6) is 0.951. The second kappa shape index (κ2) is 17.3. The largest absolute Gasteiger partial charge is 0.481 e. The van der Waals surface area contributed by atoms with E-state index in [0.29, 0.717) is 63.2 Å². The maximum absolute atomic E-state index is 12.8. The molecular formula is C33H46N2O7. The average molecular weight is 583 g/mol. The fourth-order valence-electron chi connectivity index (χ4n) is 5.62. The summed E-state index contributed by atoms with van der Waals surface area (Å²) in [7, 11) is 0. The molecule has 0 bridgehead atoms. The minimum atomic E-state index is -0.951. The fraction of sp³-hybridized carbons (Fsp3) is 0.545. The normalized spacial score (nSPS) is 15.0. The number of piperidine rings is 1. The zero-order chi connectivity index (χ0) is 30.3. The molecule has 1 saturated heterocycles. The first-order chi connectivity index (χ1) is 20.3. The van der Waals surface area contributed by atoms with Gasteiger partial charge in [-0.1, -0.05) is 57.7 Å². The zero-order valence-corrected chi connectivity index (χ0v) is 25.0. The van der Waals surface area contributed by atoms with Gasteiger partial charge in [0.2, 0.25) is 0 Å². The molecule has 9 nitrogen and oxygen atoms in total. The Balaban J connectivity index is 1.46. The number of hydrogen-bond acceptors (Lipinski definition) is 5. The number of carboxylic acids is 1. The molecule has 2 N–H and O–H groups in total. The van der Waals surface area contributed by atoms with Gasteiger partial charge in [-0.3, -0.25) is 4.79 Å². The molecule has 1 aliphatic heterocycles. The smallest absolute Gasteiger partial charge is 0.415 e. The SMILES string of the molecule is CCCCCC(CCCN(C(=O)O)C1CCN(C(=O)Oc2ccc(Oc3ccccc3)cc2)CC1)CC(CC)C(=O)O. The van der Waals surface area contributed by atoms with E-state index in [0.717, 1.165) is 37.9 Å². The van der Waals surface area contributed by atoms with Crippen LogP contribution in [0.3, 0.4) is 0 Å². The van der Waals surface area contributed by atoms with E-state index >= 15 is 0 Å². The van der Waals surface area contributed by atoms with Crippen LogP contribution in [0.5, 0.6) is 17.2 Å². The fourth-order valence-corrected chi connectivity index (χ4v) is 5.62. The lowest BCUT2D eigenvalue weighted by atomic mass is 9.86. The van der Waals surface area contributed by atoms with Crippen molar-refractivity contribution in [2.24, 2.45) is 11.8 Å². The first kappa shape index (κ1) is 32.8. The maximum Gasteiger partial charge on any atom is 0.415 e. The number of benzene rings is 2. The monoisotopic (exact) mass is 582 g/mol. The van der Waals surface area contributed by atoms with Gasteiger partial charge in [-0.15, -0.1) is 0 Å². The molecule has 9 heteroatoms. The molecule has 0 aromatic heterocycles. The van der Waals surface area contributed by atoms with Crippen molar-refractivity contribution >= 4 is 18.2 Å². The van der Waals surface area contributed by atoms with Gasteiger partial charge in [0.25, 0.3) is 0 Å². The Morgan fingerprint density at radius 3 is 2.10 bits per heavy atom. The van der Waals surface area contributed by atoms with Gasteiger partial charge in [0.05, 0.1) is 5.92 Å². The topological polar surface area (TPSA) is 117 Å².